The summed E-state index contributed by atoms with van der Waals surface area (Å²) in [6, 6.07) is 13.1. The van der Waals surface area contributed by atoms with Crippen LogP contribution in [0, 0.1) is 0 Å². The third-order valence-electron chi connectivity index (χ3n) is 3.27. The largest absolute Gasteiger partial charge is 0.494 e. The first-order chi connectivity index (χ1) is 13.5. The second-order valence-corrected chi connectivity index (χ2v) is 5.33. The van der Waals surface area contributed by atoms with E-state index in [0.29, 0.717) is 23.6 Å². The van der Waals surface area contributed by atoms with Crippen molar-refractivity contribution in [1.82, 2.24) is 5.43 Å². The van der Waals surface area contributed by atoms with Gasteiger partial charge >= 0.3 is 17.8 Å². The van der Waals surface area contributed by atoms with E-state index in [1.54, 1.807) is 48.5 Å². The Morgan fingerprint density at radius 1 is 1.04 bits per heavy atom. The van der Waals surface area contributed by atoms with E-state index in [4.69, 9.17) is 14.6 Å². The molecule has 0 spiro atoms. The van der Waals surface area contributed by atoms with Crippen LogP contribution in [0.15, 0.2) is 53.6 Å². The quantitative estimate of drug-likeness (QED) is 0.360. The van der Waals surface area contributed by atoms with Crippen molar-refractivity contribution >= 4 is 29.7 Å². The number of ether oxygens (including phenoxy) is 2. The van der Waals surface area contributed by atoms with Crippen molar-refractivity contribution < 1.29 is 29.0 Å². The van der Waals surface area contributed by atoms with Crippen LogP contribution >= 0.6 is 0 Å². The predicted molar refractivity (Wildman–Crippen MR) is 102 cm³/mol. The molecule has 2 amide bonds. The maximum atomic E-state index is 11.9. The van der Waals surface area contributed by atoms with Crippen LogP contribution in [-0.4, -0.2) is 42.3 Å². The Bertz CT molecular complexity index is 864. The van der Waals surface area contributed by atoms with Crippen molar-refractivity contribution in [1.29, 1.82) is 0 Å². The number of anilines is 1. The van der Waals surface area contributed by atoms with E-state index < -0.39 is 24.4 Å². The average molecular weight is 385 g/mol. The Morgan fingerprint density at radius 2 is 1.75 bits per heavy atom. The Hall–Kier alpha value is -3.88. The molecule has 0 aliphatic rings. The normalized spacial score (nSPS) is 10.3. The topological polar surface area (TPSA) is 126 Å². The molecule has 0 fully saturated rings. The molecule has 0 atom stereocenters. The molecule has 0 saturated heterocycles. The van der Waals surface area contributed by atoms with Crippen LogP contribution < -0.4 is 20.2 Å². The summed E-state index contributed by atoms with van der Waals surface area (Å²) in [6.45, 7) is 1.87. The number of carbonyl (C=O) groups excluding carboxylic acids is 2. The van der Waals surface area contributed by atoms with Crippen LogP contribution in [0.25, 0.3) is 0 Å². The summed E-state index contributed by atoms with van der Waals surface area (Å²) in [5.74, 6) is -2.04. The maximum absolute atomic E-state index is 11.9. The highest BCUT2D eigenvalue weighted by atomic mass is 16.5. The first-order valence-corrected chi connectivity index (χ1v) is 8.30. The number of benzene rings is 2. The highest BCUT2D eigenvalue weighted by Gasteiger charge is 2.13. The standard InChI is InChI=1S/C19H19N3O6/c1-2-27-15-9-7-14(8-10-15)21-18(25)19(26)22-20-11-13-5-3-4-6-16(13)28-12-17(23)24/h3-11H,2,12H2,1H3,(H,21,25)(H,22,26)(H,23,24)/b20-11+. The van der Waals surface area contributed by atoms with E-state index in [9.17, 15) is 14.4 Å². The molecule has 28 heavy (non-hydrogen) atoms. The third kappa shape index (κ3) is 6.45. The molecule has 2 aromatic carbocycles. The number of carboxylic acid groups (broad SMARTS) is 1. The lowest BCUT2D eigenvalue weighted by Crippen LogP contribution is -2.32. The lowest BCUT2D eigenvalue weighted by molar-refractivity contribution is -0.139. The zero-order valence-electron chi connectivity index (χ0n) is 15.0. The van der Waals surface area contributed by atoms with Gasteiger partial charge < -0.3 is 19.9 Å². The fraction of sp³-hybridized carbons (Fsp3) is 0.158. The average Bonchev–Trinajstić information content (AvgIpc) is 2.68. The van der Waals surface area contributed by atoms with Crippen LogP contribution in [0.4, 0.5) is 5.69 Å². The molecule has 0 radical (unpaired) electrons. The summed E-state index contributed by atoms with van der Waals surface area (Å²) >= 11 is 0. The fourth-order valence-corrected chi connectivity index (χ4v) is 2.06. The molecular weight excluding hydrogens is 366 g/mol. The van der Waals surface area contributed by atoms with Crippen molar-refractivity contribution in [3.05, 3.63) is 54.1 Å². The number of hydrogen-bond acceptors (Lipinski definition) is 6. The molecule has 2 aromatic rings. The van der Waals surface area contributed by atoms with Crippen molar-refractivity contribution in [2.75, 3.05) is 18.5 Å². The smallest absolute Gasteiger partial charge is 0.341 e. The predicted octanol–water partition coefficient (Wildman–Crippen LogP) is 1.64. The molecule has 0 bridgehead atoms. The molecule has 9 nitrogen and oxygen atoms in total. The molecule has 0 aromatic heterocycles. The van der Waals surface area contributed by atoms with Gasteiger partial charge in [-0.25, -0.2) is 10.2 Å². The monoisotopic (exact) mass is 385 g/mol. The van der Waals surface area contributed by atoms with Crippen LogP contribution in [-0.2, 0) is 14.4 Å². The van der Waals surface area contributed by atoms with Gasteiger partial charge in [0, 0.05) is 11.3 Å². The fourth-order valence-electron chi connectivity index (χ4n) is 2.06. The van der Waals surface area contributed by atoms with Crippen molar-refractivity contribution in [2.45, 2.75) is 6.92 Å². The van der Waals surface area contributed by atoms with E-state index in [-0.39, 0.29) is 5.75 Å². The van der Waals surface area contributed by atoms with E-state index in [1.165, 1.54) is 6.21 Å². The van der Waals surface area contributed by atoms with Crippen LogP contribution in [0.2, 0.25) is 0 Å². The number of carboxylic acids is 1. The van der Waals surface area contributed by atoms with E-state index in [2.05, 4.69) is 15.8 Å². The molecule has 2 rings (SSSR count). The number of hydrogen-bond donors (Lipinski definition) is 3. The molecule has 0 aliphatic heterocycles. The Balaban J connectivity index is 1.90. The SMILES string of the molecule is CCOc1ccc(NC(=O)C(=O)N/N=C/c2ccccc2OCC(=O)O)cc1. The first kappa shape index (κ1) is 20.4. The molecule has 0 unspecified atom stereocenters. The molecule has 0 saturated carbocycles. The summed E-state index contributed by atoms with van der Waals surface area (Å²) in [4.78, 5) is 34.3. The van der Waals surface area contributed by atoms with Crippen LogP contribution in [0.1, 0.15) is 12.5 Å². The van der Waals surface area contributed by atoms with Gasteiger partial charge in [0.1, 0.15) is 11.5 Å². The first-order valence-electron chi connectivity index (χ1n) is 8.30. The number of nitrogens with zero attached hydrogens (tertiary/aromatic N) is 1. The van der Waals surface area contributed by atoms with Gasteiger partial charge in [-0.05, 0) is 43.3 Å². The Morgan fingerprint density at radius 3 is 2.43 bits per heavy atom. The zero-order valence-corrected chi connectivity index (χ0v) is 15.0. The van der Waals surface area contributed by atoms with Crippen LogP contribution in [0.5, 0.6) is 11.5 Å². The van der Waals surface area contributed by atoms with E-state index in [1.807, 2.05) is 6.92 Å². The summed E-state index contributed by atoms with van der Waals surface area (Å²) in [5.41, 5.74) is 2.97. The second-order valence-electron chi connectivity index (χ2n) is 5.33. The molecule has 0 aliphatic carbocycles. The van der Waals surface area contributed by atoms with Gasteiger partial charge in [-0.3, -0.25) is 9.59 Å². The summed E-state index contributed by atoms with van der Waals surface area (Å²) in [6.07, 6.45) is 1.25. The number of nitrogens with one attached hydrogen (secondary N) is 2. The number of para-hydroxylation sites is 1. The number of carbonyl (C=O) groups is 3. The van der Waals surface area contributed by atoms with Gasteiger partial charge in [0.15, 0.2) is 6.61 Å². The summed E-state index contributed by atoms with van der Waals surface area (Å²) in [5, 5.41) is 14.8. The van der Waals surface area contributed by atoms with E-state index in [0.717, 1.165) is 0 Å². The van der Waals surface area contributed by atoms with Gasteiger partial charge in [-0.15, -0.1) is 0 Å². The summed E-state index contributed by atoms with van der Waals surface area (Å²) in [7, 11) is 0. The molecule has 0 heterocycles. The van der Waals surface area contributed by atoms with Gasteiger partial charge in [0.05, 0.1) is 12.8 Å². The minimum absolute atomic E-state index is 0.279. The summed E-state index contributed by atoms with van der Waals surface area (Å²) < 4.78 is 10.4. The van der Waals surface area contributed by atoms with E-state index >= 15 is 0 Å². The van der Waals surface area contributed by atoms with Gasteiger partial charge in [-0.1, -0.05) is 12.1 Å². The van der Waals surface area contributed by atoms with Crippen molar-refractivity contribution in [3.8, 4) is 11.5 Å². The minimum atomic E-state index is -1.12. The van der Waals surface area contributed by atoms with Crippen LogP contribution in [0.3, 0.4) is 0 Å². The maximum Gasteiger partial charge on any atom is 0.341 e. The second kappa shape index (κ2) is 10.3. The Labute approximate surface area is 161 Å². The molecule has 3 N–H and O–H groups in total. The number of amides is 2. The lowest BCUT2D eigenvalue weighted by Gasteiger charge is -2.07. The number of aliphatic carboxylic acids is 1. The molecular formula is C19H19N3O6. The highest BCUT2D eigenvalue weighted by molar-refractivity contribution is 6.39. The van der Waals surface area contributed by atoms with Gasteiger partial charge in [-0.2, -0.15) is 5.10 Å². The lowest BCUT2D eigenvalue weighted by atomic mass is 10.2. The minimum Gasteiger partial charge on any atom is -0.494 e. The van der Waals surface area contributed by atoms with Crippen molar-refractivity contribution in [3.63, 3.8) is 0 Å². The molecule has 9 heteroatoms. The highest BCUT2D eigenvalue weighted by Crippen LogP contribution is 2.16. The zero-order chi connectivity index (χ0) is 20.4. The van der Waals surface area contributed by atoms with Gasteiger partial charge in [0.2, 0.25) is 0 Å². The third-order valence-corrected chi connectivity index (χ3v) is 3.27. The van der Waals surface area contributed by atoms with Gasteiger partial charge in [0.25, 0.3) is 0 Å². The number of rotatable bonds is 8. The molecule has 146 valence electrons. The van der Waals surface area contributed by atoms with Crippen molar-refractivity contribution in [2.24, 2.45) is 5.10 Å². The Kier molecular flexibility index (Phi) is 7.53. The number of hydrazone groups is 1.